The van der Waals surface area contributed by atoms with Crippen molar-refractivity contribution in [3.63, 3.8) is 0 Å². The number of hydrogen-bond acceptors (Lipinski definition) is 3. The van der Waals surface area contributed by atoms with Gasteiger partial charge < -0.3 is 10.1 Å². The van der Waals surface area contributed by atoms with Gasteiger partial charge in [-0.05, 0) is 53.4 Å². The molecule has 0 bridgehead atoms. The predicted octanol–water partition coefficient (Wildman–Crippen LogP) is 4.20. The second-order valence-corrected chi connectivity index (χ2v) is 6.06. The third-order valence-electron chi connectivity index (χ3n) is 3.35. The number of ether oxygens (including phenoxy) is 1. The molecule has 104 valence electrons. The van der Waals surface area contributed by atoms with Crippen LogP contribution in [0.25, 0.3) is 0 Å². The van der Waals surface area contributed by atoms with Gasteiger partial charge >= 0.3 is 0 Å². The van der Waals surface area contributed by atoms with Crippen LogP contribution in [0.5, 0.6) is 11.6 Å². The summed E-state index contributed by atoms with van der Waals surface area (Å²) in [5.74, 6) is 1.53. The topological polar surface area (TPSA) is 34.1 Å². The first-order valence-corrected chi connectivity index (χ1v) is 7.63. The molecule has 2 aromatic rings. The van der Waals surface area contributed by atoms with Gasteiger partial charge in [-0.15, -0.1) is 0 Å². The molecular formula is C16H17BrN2O. The zero-order chi connectivity index (χ0) is 13.9. The minimum absolute atomic E-state index is 0.667. The van der Waals surface area contributed by atoms with Gasteiger partial charge in [-0.2, -0.15) is 0 Å². The summed E-state index contributed by atoms with van der Waals surface area (Å²) >= 11 is 3.47. The number of aryl methyl sites for hydroxylation is 1. The molecule has 3 rings (SSSR count). The van der Waals surface area contributed by atoms with Crippen molar-refractivity contribution in [2.24, 2.45) is 0 Å². The maximum atomic E-state index is 5.98. The Morgan fingerprint density at radius 3 is 2.90 bits per heavy atom. The van der Waals surface area contributed by atoms with Crippen LogP contribution in [0.15, 0.2) is 41.0 Å². The van der Waals surface area contributed by atoms with Gasteiger partial charge in [-0.3, -0.25) is 0 Å². The van der Waals surface area contributed by atoms with Crippen molar-refractivity contribution in [1.29, 1.82) is 0 Å². The van der Waals surface area contributed by atoms with Crippen LogP contribution in [0, 0.1) is 6.92 Å². The quantitative estimate of drug-likeness (QED) is 0.891. The number of rotatable bonds is 5. The lowest BCUT2D eigenvalue weighted by atomic mass is 10.2. The molecule has 0 saturated heterocycles. The standard InChI is InChI=1S/C16H17BrN2O/c1-11-4-2-3-5-15(11)20-16-12(8-13(17)10-19-16)9-18-14-6-7-14/h2-5,8,10,14,18H,6-7,9H2,1H3. The van der Waals surface area contributed by atoms with Gasteiger partial charge in [0.05, 0.1) is 0 Å². The van der Waals surface area contributed by atoms with Crippen LogP contribution in [-0.4, -0.2) is 11.0 Å². The zero-order valence-corrected chi connectivity index (χ0v) is 13.0. The molecule has 1 fully saturated rings. The highest BCUT2D eigenvalue weighted by Gasteiger charge is 2.21. The van der Waals surface area contributed by atoms with E-state index in [1.807, 2.05) is 31.2 Å². The summed E-state index contributed by atoms with van der Waals surface area (Å²) in [5.41, 5.74) is 2.19. The largest absolute Gasteiger partial charge is 0.438 e. The maximum absolute atomic E-state index is 5.98. The summed E-state index contributed by atoms with van der Waals surface area (Å²) in [7, 11) is 0. The van der Waals surface area contributed by atoms with Crippen molar-refractivity contribution in [2.45, 2.75) is 32.4 Å². The van der Waals surface area contributed by atoms with E-state index in [2.05, 4.69) is 32.3 Å². The van der Waals surface area contributed by atoms with Crippen molar-refractivity contribution in [3.8, 4) is 11.6 Å². The van der Waals surface area contributed by atoms with E-state index in [1.165, 1.54) is 12.8 Å². The molecule has 0 aliphatic heterocycles. The molecule has 3 nitrogen and oxygen atoms in total. The molecule has 0 unspecified atom stereocenters. The Morgan fingerprint density at radius 2 is 2.15 bits per heavy atom. The summed E-state index contributed by atoms with van der Waals surface area (Å²) in [5, 5.41) is 3.50. The summed E-state index contributed by atoms with van der Waals surface area (Å²) < 4.78 is 6.95. The Kier molecular flexibility index (Phi) is 4.03. The van der Waals surface area contributed by atoms with Crippen LogP contribution >= 0.6 is 15.9 Å². The molecule has 1 aromatic carbocycles. The molecule has 0 spiro atoms. The fourth-order valence-electron chi connectivity index (χ4n) is 2.00. The normalized spacial score (nSPS) is 14.3. The van der Waals surface area contributed by atoms with Crippen LogP contribution in [0.1, 0.15) is 24.0 Å². The van der Waals surface area contributed by atoms with Crippen LogP contribution in [0.2, 0.25) is 0 Å². The fourth-order valence-corrected chi connectivity index (χ4v) is 2.38. The van der Waals surface area contributed by atoms with Crippen LogP contribution < -0.4 is 10.1 Å². The molecule has 1 aliphatic carbocycles. The Bertz CT molecular complexity index is 611. The van der Waals surface area contributed by atoms with E-state index >= 15 is 0 Å². The Hall–Kier alpha value is -1.39. The van der Waals surface area contributed by atoms with Crippen molar-refractivity contribution >= 4 is 15.9 Å². The van der Waals surface area contributed by atoms with Crippen LogP contribution in [-0.2, 0) is 6.54 Å². The van der Waals surface area contributed by atoms with Gasteiger partial charge in [0.25, 0.3) is 0 Å². The van der Waals surface area contributed by atoms with Crippen LogP contribution in [0.4, 0.5) is 0 Å². The minimum atomic E-state index is 0.667. The highest BCUT2D eigenvalue weighted by Crippen LogP contribution is 2.28. The van der Waals surface area contributed by atoms with Crippen molar-refractivity contribution in [2.75, 3.05) is 0 Å². The fraction of sp³-hybridized carbons (Fsp3) is 0.312. The second kappa shape index (κ2) is 5.94. The van der Waals surface area contributed by atoms with Crippen molar-refractivity contribution in [1.82, 2.24) is 10.3 Å². The Morgan fingerprint density at radius 1 is 1.35 bits per heavy atom. The third kappa shape index (κ3) is 3.38. The Labute approximate surface area is 127 Å². The highest BCUT2D eigenvalue weighted by atomic mass is 79.9. The number of nitrogens with zero attached hydrogens (tertiary/aromatic N) is 1. The molecule has 0 radical (unpaired) electrons. The monoisotopic (exact) mass is 332 g/mol. The van der Waals surface area contributed by atoms with E-state index in [4.69, 9.17) is 4.74 Å². The lowest BCUT2D eigenvalue weighted by molar-refractivity contribution is 0.449. The van der Waals surface area contributed by atoms with Gasteiger partial charge in [-0.25, -0.2) is 4.98 Å². The van der Waals surface area contributed by atoms with Gasteiger partial charge in [0.1, 0.15) is 5.75 Å². The summed E-state index contributed by atoms with van der Waals surface area (Å²) in [6.07, 6.45) is 4.32. The number of nitrogens with one attached hydrogen (secondary N) is 1. The zero-order valence-electron chi connectivity index (χ0n) is 11.4. The van der Waals surface area contributed by atoms with E-state index in [9.17, 15) is 0 Å². The van der Waals surface area contributed by atoms with Gasteiger partial charge in [0, 0.05) is 28.8 Å². The SMILES string of the molecule is Cc1ccccc1Oc1ncc(Br)cc1CNC1CC1. The molecule has 1 N–H and O–H groups in total. The molecule has 1 heterocycles. The summed E-state index contributed by atoms with van der Waals surface area (Å²) in [6, 6.07) is 10.7. The Balaban J connectivity index is 1.82. The minimum Gasteiger partial charge on any atom is -0.438 e. The maximum Gasteiger partial charge on any atom is 0.223 e. The highest BCUT2D eigenvalue weighted by molar-refractivity contribution is 9.10. The third-order valence-corrected chi connectivity index (χ3v) is 3.78. The van der Waals surface area contributed by atoms with E-state index in [0.29, 0.717) is 11.9 Å². The average Bonchev–Trinajstić information content (AvgIpc) is 3.25. The number of aromatic nitrogens is 1. The average molecular weight is 333 g/mol. The van der Waals surface area contributed by atoms with E-state index in [1.54, 1.807) is 6.20 Å². The lowest BCUT2D eigenvalue weighted by Crippen LogP contribution is -2.16. The summed E-state index contributed by atoms with van der Waals surface area (Å²) in [6.45, 7) is 2.83. The summed E-state index contributed by atoms with van der Waals surface area (Å²) in [4.78, 5) is 4.40. The van der Waals surface area contributed by atoms with Gasteiger partial charge in [0.15, 0.2) is 0 Å². The van der Waals surface area contributed by atoms with E-state index in [0.717, 1.165) is 27.9 Å². The first-order chi connectivity index (χ1) is 9.72. The number of halogens is 1. The number of pyridine rings is 1. The lowest BCUT2D eigenvalue weighted by Gasteiger charge is -2.12. The van der Waals surface area contributed by atoms with Gasteiger partial charge in [-0.1, -0.05) is 18.2 Å². The molecular weight excluding hydrogens is 316 g/mol. The van der Waals surface area contributed by atoms with E-state index in [-0.39, 0.29) is 0 Å². The first-order valence-electron chi connectivity index (χ1n) is 6.83. The van der Waals surface area contributed by atoms with E-state index < -0.39 is 0 Å². The molecule has 1 aromatic heterocycles. The second-order valence-electron chi connectivity index (χ2n) is 5.14. The molecule has 0 atom stereocenters. The van der Waals surface area contributed by atoms with Crippen molar-refractivity contribution in [3.05, 3.63) is 52.1 Å². The molecule has 0 amide bonds. The number of benzene rings is 1. The van der Waals surface area contributed by atoms with Gasteiger partial charge in [0.2, 0.25) is 5.88 Å². The number of para-hydroxylation sites is 1. The predicted molar refractivity (Wildman–Crippen MR) is 83.1 cm³/mol. The molecule has 4 heteroatoms. The number of hydrogen-bond donors (Lipinski definition) is 1. The molecule has 1 aliphatic rings. The smallest absolute Gasteiger partial charge is 0.223 e. The van der Waals surface area contributed by atoms with Crippen LogP contribution in [0.3, 0.4) is 0 Å². The molecule has 20 heavy (non-hydrogen) atoms. The first kappa shape index (κ1) is 13.6. The molecule has 1 saturated carbocycles. The van der Waals surface area contributed by atoms with Crippen molar-refractivity contribution < 1.29 is 4.74 Å².